The van der Waals surface area contributed by atoms with E-state index in [1.807, 2.05) is 30.3 Å². The molecule has 1 N–H and O–H groups in total. The summed E-state index contributed by atoms with van der Waals surface area (Å²) in [4.78, 5) is 25.3. The lowest BCUT2D eigenvalue weighted by Gasteiger charge is -2.30. The average Bonchev–Trinajstić information content (AvgIpc) is 3.36. The van der Waals surface area contributed by atoms with Gasteiger partial charge in [-0.05, 0) is 61.4 Å². The number of aryl methyl sites for hydroxylation is 2. The van der Waals surface area contributed by atoms with E-state index in [9.17, 15) is 18.0 Å². The second kappa shape index (κ2) is 9.99. The molecule has 3 aliphatic rings. The first-order chi connectivity index (χ1) is 16.9. The predicted molar refractivity (Wildman–Crippen MR) is 128 cm³/mol. The molecule has 1 amide bonds. The number of nitrogens with zero attached hydrogens (tertiary/aromatic N) is 1. The zero-order valence-corrected chi connectivity index (χ0v) is 20.4. The van der Waals surface area contributed by atoms with Gasteiger partial charge in [-0.2, -0.15) is 4.31 Å². The number of esters is 1. The van der Waals surface area contributed by atoms with Gasteiger partial charge in [0.25, 0.3) is 5.91 Å². The molecule has 2 aromatic rings. The van der Waals surface area contributed by atoms with Crippen LogP contribution in [0.3, 0.4) is 0 Å². The first-order valence-corrected chi connectivity index (χ1v) is 13.7. The predicted octanol–water partition coefficient (Wildman–Crippen LogP) is 2.76. The Balaban J connectivity index is 1.11. The zero-order chi connectivity index (χ0) is 24.4. The topological polar surface area (TPSA) is 102 Å². The van der Waals surface area contributed by atoms with Gasteiger partial charge in [-0.25, -0.2) is 8.42 Å². The van der Waals surface area contributed by atoms with E-state index in [0.717, 1.165) is 36.1 Å². The number of carbonyl (C=O) groups excluding carboxylic acids is 2. The van der Waals surface area contributed by atoms with Gasteiger partial charge in [0.1, 0.15) is 5.75 Å². The molecule has 0 saturated carbocycles. The van der Waals surface area contributed by atoms with Crippen LogP contribution in [0, 0.1) is 5.92 Å². The smallest absolute Gasteiger partial charge is 0.309 e. The van der Waals surface area contributed by atoms with E-state index in [4.69, 9.17) is 9.47 Å². The fourth-order valence-corrected chi connectivity index (χ4v) is 6.69. The van der Waals surface area contributed by atoms with Crippen LogP contribution in [0.5, 0.6) is 5.75 Å². The molecule has 0 radical (unpaired) electrons. The highest BCUT2D eigenvalue weighted by Crippen LogP contribution is 2.32. The molecule has 1 fully saturated rings. The molecule has 0 spiro atoms. The average molecular weight is 499 g/mol. The Kier molecular flexibility index (Phi) is 6.80. The molecule has 1 unspecified atom stereocenters. The van der Waals surface area contributed by atoms with Crippen LogP contribution in [0.15, 0.2) is 47.4 Å². The van der Waals surface area contributed by atoms with E-state index in [0.29, 0.717) is 30.8 Å². The molecule has 2 aliphatic heterocycles. The number of rotatable bonds is 6. The van der Waals surface area contributed by atoms with Crippen LogP contribution < -0.4 is 10.1 Å². The lowest BCUT2D eigenvalue weighted by atomic mass is 9.98. The summed E-state index contributed by atoms with van der Waals surface area (Å²) in [6, 6.07) is 12.8. The number of hydrogen-bond donors (Lipinski definition) is 1. The summed E-state index contributed by atoms with van der Waals surface area (Å²) in [5.41, 5.74) is 3.26. The third-order valence-corrected chi connectivity index (χ3v) is 9.03. The van der Waals surface area contributed by atoms with Crippen molar-refractivity contribution < 1.29 is 27.5 Å². The molecule has 2 heterocycles. The van der Waals surface area contributed by atoms with Crippen molar-refractivity contribution in [1.29, 1.82) is 0 Å². The van der Waals surface area contributed by atoms with Crippen LogP contribution >= 0.6 is 0 Å². The number of carbonyl (C=O) groups is 2. The van der Waals surface area contributed by atoms with Gasteiger partial charge in [-0.1, -0.05) is 24.3 Å². The van der Waals surface area contributed by atoms with Crippen molar-refractivity contribution in [2.24, 2.45) is 5.92 Å². The number of ether oxygens (including phenoxy) is 2. The molecule has 8 nitrogen and oxygen atoms in total. The third kappa shape index (κ3) is 5.06. The van der Waals surface area contributed by atoms with Crippen molar-refractivity contribution in [3.63, 3.8) is 0 Å². The van der Waals surface area contributed by atoms with E-state index < -0.39 is 21.9 Å². The van der Waals surface area contributed by atoms with Crippen molar-refractivity contribution in [1.82, 2.24) is 9.62 Å². The highest BCUT2D eigenvalue weighted by Gasteiger charge is 2.33. The SMILES string of the molecule is O=C(COC(=O)C1CCN(S(=O)(=O)c2ccc3c(c2)CCC3)CC1)NC1CCOc2ccccc21. The summed E-state index contributed by atoms with van der Waals surface area (Å²) in [6.07, 6.45) is 4.38. The minimum absolute atomic E-state index is 0.182. The molecule has 9 heteroatoms. The van der Waals surface area contributed by atoms with Gasteiger partial charge in [0.2, 0.25) is 10.0 Å². The highest BCUT2D eigenvalue weighted by atomic mass is 32.2. The van der Waals surface area contributed by atoms with Crippen LogP contribution in [0.2, 0.25) is 0 Å². The second-order valence-electron chi connectivity index (χ2n) is 9.37. The normalized spacial score (nSPS) is 20.4. The van der Waals surface area contributed by atoms with E-state index in [2.05, 4.69) is 5.32 Å². The lowest BCUT2D eigenvalue weighted by molar-refractivity contribution is -0.153. The highest BCUT2D eigenvalue weighted by molar-refractivity contribution is 7.89. The van der Waals surface area contributed by atoms with Gasteiger partial charge >= 0.3 is 5.97 Å². The summed E-state index contributed by atoms with van der Waals surface area (Å²) < 4.78 is 38.5. The summed E-state index contributed by atoms with van der Waals surface area (Å²) in [5.74, 6) is -0.487. The van der Waals surface area contributed by atoms with Gasteiger partial charge in [0.15, 0.2) is 6.61 Å². The standard InChI is InChI=1S/C26H30N2O6S/c29-25(27-23-12-15-33-24-7-2-1-6-22(23)24)17-34-26(30)19-10-13-28(14-11-19)35(31,32)21-9-8-18-4-3-5-20(18)16-21/h1-2,6-9,16,19,23H,3-5,10-15,17H2,(H,27,29). The van der Waals surface area contributed by atoms with E-state index in [1.165, 1.54) is 9.87 Å². The molecule has 1 atom stereocenters. The van der Waals surface area contributed by atoms with Gasteiger partial charge in [-0.15, -0.1) is 0 Å². The zero-order valence-electron chi connectivity index (χ0n) is 19.6. The Morgan fingerprint density at radius 1 is 1.03 bits per heavy atom. The first-order valence-electron chi connectivity index (χ1n) is 12.2. The van der Waals surface area contributed by atoms with E-state index >= 15 is 0 Å². The quantitative estimate of drug-likeness (QED) is 0.615. The van der Waals surface area contributed by atoms with Crippen molar-refractivity contribution in [2.75, 3.05) is 26.3 Å². The minimum Gasteiger partial charge on any atom is -0.493 e. The number of nitrogens with one attached hydrogen (secondary N) is 1. The number of piperidine rings is 1. The summed E-state index contributed by atoms with van der Waals surface area (Å²) >= 11 is 0. The molecule has 5 rings (SSSR count). The number of para-hydroxylation sites is 1. The van der Waals surface area contributed by atoms with Crippen LogP contribution in [0.25, 0.3) is 0 Å². The van der Waals surface area contributed by atoms with Crippen molar-refractivity contribution in [2.45, 2.75) is 49.5 Å². The second-order valence-corrected chi connectivity index (χ2v) is 11.3. The number of fused-ring (bicyclic) bond motifs is 2. The molecule has 35 heavy (non-hydrogen) atoms. The number of benzene rings is 2. The number of hydrogen-bond acceptors (Lipinski definition) is 6. The van der Waals surface area contributed by atoms with Crippen LogP contribution in [0.1, 0.15) is 48.4 Å². The summed E-state index contributed by atoms with van der Waals surface area (Å²) in [7, 11) is -3.59. The lowest BCUT2D eigenvalue weighted by Crippen LogP contribution is -2.41. The maximum atomic E-state index is 13.1. The Morgan fingerprint density at radius 2 is 1.80 bits per heavy atom. The van der Waals surface area contributed by atoms with Gasteiger partial charge < -0.3 is 14.8 Å². The molecule has 186 valence electrons. The Bertz CT molecular complexity index is 1220. The molecule has 0 aromatic heterocycles. The van der Waals surface area contributed by atoms with Crippen LogP contribution in [0.4, 0.5) is 0 Å². The van der Waals surface area contributed by atoms with Crippen molar-refractivity contribution in [3.8, 4) is 5.75 Å². The third-order valence-electron chi connectivity index (χ3n) is 7.13. The molecule has 2 aromatic carbocycles. The molecule has 1 saturated heterocycles. The molecular weight excluding hydrogens is 468 g/mol. The fourth-order valence-electron chi connectivity index (χ4n) is 5.17. The fraction of sp³-hybridized carbons (Fsp3) is 0.462. The van der Waals surface area contributed by atoms with Crippen molar-refractivity contribution in [3.05, 3.63) is 59.2 Å². The monoisotopic (exact) mass is 498 g/mol. The van der Waals surface area contributed by atoms with Gasteiger partial charge in [0, 0.05) is 25.1 Å². The maximum Gasteiger partial charge on any atom is 0.309 e. The van der Waals surface area contributed by atoms with E-state index in [1.54, 1.807) is 12.1 Å². The molecule has 1 aliphatic carbocycles. The Morgan fingerprint density at radius 3 is 2.63 bits per heavy atom. The molecular formula is C26H30N2O6S. The van der Waals surface area contributed by atoms with Crippen LogP contribution in [-0.4, -0.2) is 50.9 Å². The van der Waals surface area contributed by atoms with E-state index in [-0.39, 0.29) is 31.6 Å². The van der Waals surface area contributed by atoms with Crippen LogP contribution in [-0.2, 0) is 37.2 Å². The number of amides is 1. The Hall–Kier alpha value is -2.91. The minimum atomic E-state index is -3.59. The van der Waals surface area contributed by atoms with Gasteiger partial charge in [0.05, 0.1) is 23.5 Å². The molecule has 0 bridgehead atoms. The largest absolute Gasteiger partial charge is 0.493 e. The maximum absolute atomic E-state index is 13.1. The first kappa shape index (κ1) is 23.8. The summed E-state index contributed by atoms with van der Waals surface area (Å²) in [6.45, 7) is 0.662. The number of sulfonamides is 1. The Labute approximate surface area is 205 Å². The van der Waals surface area contributed by atoms with Crippen molar-refractivity contribution >= 4 is 21.9 Å². The van der Waals surface area contributed by atoms with Gasteiger partial charge in [-0.3, -0.25) is 9.59 Å². The summed E-state index contributed by atoms with van der Waals surface area (Å²) in [5, 5.41) is 2.91.